The maximum Gasteiger partial charge on any atom is 0.409 e. The number of hydrogen-bond donors (Lipinski definition) is 1. The third-order valence-electron chi connectivity index (χ3n) is 4.72. The van der Waals surface area contributed by atoms with Crippen LogP contribution in [0.2, 0.25) is 0 Å². The molecule has 27 heavy (non-hydrogen) atoms. The Morgan fingerprint density at radius 3 is 2.56 bits per heavy atom. The van der Waals surface area contributed by atoms with Gasteiger partial charge in [-0.3, -0.25) is 9.59 Å². The Balaban J connectivity index is 1.85. The molecule has 0 unspecified atom stereocenters. The molecule has 7 nitrogen and oxygen atoms in total. The summed E-state index contributed by atoms with van der Waals surface area (Å²) in [5.74, 6) is -0.310. The lowest BCUT2D eigenvalue weighted by Crippen LogP contribution is -2.51. The molecule has 1 heterocycles. The van der Waals surface area contributed by atoms with Gasteiger partial charge in [0, 0.05) is 32.6 Å². The highest BCUT2D eigenvalue weighted by Crippen LogP contribution is 2.17. The molecule has 0 spiro atoms. The minimum absolute atomic E-state index is 0.0330. The van der Waals surface area contributed by atoms with Crippen LogP contribution in [0.5, 0.6) is 0 Å². The van der Waals surface area contributed by atoms with Crippen molar-refractivity contribution in [2.75, 3.05) is 26.2 Å². The lowest BCUT2D eigenvalue weighted by atomic mass is 10.0. The van der Waals surface area contributed by atoms with Gasteiger partial charge < -0.3 is 19.9 Å². The minimum Gasteiger partial charge on any atom is -0.450 e. The molecule has 1 aliphatic heterocycles. The number of carbonyl (C=O) groups is 3. The van der Waals surface area contributed by atoms with E-state index in [1.54, 1.807) is 16.7 Å². The van der Waals surface area contributed by atoms with E-state index in [1.165, 1.54) is 6.92 Å². The normalized spacial score (nSPS) is 14.6. The van der Waals surface area contributed by atoms with Gasteiger partial charge in [-0.25, -0.2) is 4.79 Å². The van der Waals surface area contributed by atoms with E-state index in [4.69, 9.17) is 4.74 Å². The Kier molecular flexibility index (Phi) is 7.64. The number of rotatable bonds is 6. The van der Waals surface area contributed by atoms with E-state index in [1.807, 2.05) is 31.2 Å². The number of ether oxygens (including phenoxy) is 1. The Morgan fingerprint density at radius 2 is 1.96 bits per heavy atom. The molecule has 2 rings (SSSR count). The number of nitrogens with one attached hydrogen (secondary N) is 1. The predicted molar refractivity (Wildman–Crippen MR) is 102 cm³/mol. The maximum atomic E-state index is 12.3. The van der Waals surface area contributed by atoms with Gasteiger partial charge in [-0.2, -0.15) is 0 Å². The molecule has 3 amide bonds. The van der Waals surface area contributed by atoms with Crippen LogP contribution in [0.25, 0.3) is 0 Å². The second-order valence-electron chi connectivity index (χ2n) is 6.83. The quantitative estimate of drug-likeness (QED) is 0.826. The average Bonchev–Trinajstić information content (AvgIpc) is 2.64. The summed E-state index contributed by atoms with van der Waals surface area (Å²) in [5.41, 5.74) is 2.17. The van der Waals surface area contributed by atoms with Gasteiger partial charge in [0.25, 0.3) is 0 Å². The molecular weight excluding hydrogens is 346 g/mol. The van der Waals surface area contributed by atoms with E-state index in [2.05, 4.69) is 5.32 Å². The summed E-state index contributed by atoms with van der Waals surface area (Å²) >= 11 is 0. The van der Waals surface area contributed by atoms with Gasteiger partial charge in [0.2, 0.25) is 11.8 Å². The molecular formula is C20H29N3O4. The van der Waals surface area contributed by atoms with Crippen LogP contribution in [0.3, 0.4) is 0 Å². The number of benzene rings is 1. The first-order valence-electron chi connectivity index (χ1n) is 9.41. The molecule has 0 saturated carbocycles. The summed E-state index contributed by atoms with van der Waals surface area (Å²) < 4.78 is 5.01. The van der Waals surface area contributed by atoms with Crippen LogP contribution in [-0.4, -0.2) is 60.0 Å². The summed E-state index contributed by atoms with van der Waals surface area (Å²) in [4.78, 5) is 39.4. The van der Waals surface area contributed by atoms with Gasteiger partial charge >= 0.3 is 6.09 Å². The van der Waals surface area contributed by atoms with Crippen molar-refractivity contribution in [2.45, 2.75) is 46.2 Å². The van der Waals surface area contributed by atoms with Gasteiger partial charge in [-0.05, 0) is 32.3 Å². The van der Waals surface area contributed by atoms with Crippen molar-refractivity contribution < 1.29 is 19.1 Å². The zero-order chi connectivity index (χ0) is 19.8. The molecule has 0 aromatic heterocycles. The zero-order valence-electron chi connectivity index (χ0n) is 16.4. The van der Waals surface area contributed by atoms with Gasteiger partial charge in [-0.1, -0.05) is 29.8 Å². The molecule has 1 aromatic carbocycles. The van der Waals surface area contributed by atoms with Crippen LogP contribution >= 0.6 is 0 Å². The summed E-state index contributed by atoms with van der Waals surface area (Å²) in [6, 6.07) is 7.90. The first-order chi connectivity index (χ1) is 12.9. The Hall–Kier alpha value is -2.57. The second kappa shape index (κ2) is 9.94. The molecule has 148 valence electrons. The van der Waals surface area contributed by atoms with Crippen LogP contribution in [0.15, 0.2) is 24.3 Å². The fourth-order valence-electron chi connectivity index (χ4n) is 3.31. The molecule has 1 fully saturated rings. The van der Waals surface area contributed by atoms with E-state index in [0.717, 1.165) is 11.1 Å². The third kappa shape index (κ3) is 6.27. The molecule has 1 aliphatic rings. The van der Waals surface area contributed by atoms with Crippen molar-refractivity contribution >= 4 is 17.9 Å². The summed E-state index contributed by atoms with van der Waals surface area (Å²) in [5, 5.41) is 2.88. The molecule has 0 bridgehead atoms. The molecule has 0 radical (unpaired) electrons. The van der Waals surface area contributed by atoms with Crippen molar-refractivity contribution in [3.63, 3.8) is 0 Å². The largest absolute Gasteiger partial charge is 0.450 e. The van der Waals surface area contributed by atoms with E-state index >= 15 is 0 Å². The summed E-state index contributed by atoms with van der Waals surface area (Å²) in [6.45, 7) is 7.13. The second-order valence-corrected chi connectivity index (χ2v) is 6.83. The fraction of sp³-hybridized carbons (Fsp3) is 0.550. The van der Waals surface area contributed by atoms with E-state index < -0.39 is 0 Å². The van der Waals surface area contributed by atoms with Crippen molar-refractivity contribution in [1.29, 1.82) is 0 Å². The van der Waals surface area contributed by atoms with E-state index in [9.17, 15) is 14.4 Å². The number of piperidine rings is 1. The topological polar surface area (TPSA) is 79.0 Å². The smallest absolute Gasteiger partial charge is 0.409 e. The van der Waals surface area contributed by atoms with E-state index in [0.29, 0.717) is 39.1 Å². The minimum atomic E-state index is -0.318. The van der Waals surface area contributed by atoms with Crippen LogP contribution in [0, 0.1) is 6.92 Å². The third-order valence-corrected chi connectivity index (χ3v) is 4.72. The number of hydrogen-bond acceptors (Lipinski definition) is 4. The first kappa shape index (κ1) is 20.7. The van der Waals surface area contributed by atoms with Crippen LogP contribution in [-0.2, 0) is 20.9 Å². The van der Waals surface area contributed by atoms with Gasteiger partial charge in [0.15, 0.2) is 0 Å². The molecule has 1 saturated heterocycles. The fourth-order valence-corrected chi connectivity index (χ4v) is 3.31. The molecule has 0 aliphatic carbocycles. The number of aryl methyl sites for hydroxylation is 1. The Labute approximate surface area is 160 Å². The van der Waals surface area contributed by atoms with Gasteiger partial charge in [0.1, 0.15) is 0 Å². The lowest BCUT2D eigenvalue weighted by Gasteiger charge is -2.37. The van der Waals surface area contributed by atoms with E-state index in [-0.39, 0.29) is 30.5 Å². The van der Waals surface area contributed by atoms with Crippen LogP contribution < -0.4 is 5.32 Å². The number of likely N-dealkylation sites (tertiary alicyclic amines) is 1. The molecule has 0 atom stereocenters. The maximum absolute atomic E-state index is 12.3. The van der Waals surface area contributed by atoms with Gasteiger partial charge in [0.05, 0.1) is 13.2 Å². The highest BCUT2D eigenvalue weighted by Gasteiger charge is 2.29. The SMILES string of the molecule is CCOC(=O)N1CCC(N(CC(=O)NCc2cccc(C)c2)C(C)=O)CC1. The molecule has 1 aromatic rings. The van der Waals surface area contributed by atoms with Crippen LogP contribution in [0.1, 0.15) is 37.8 Å². The molecule has 1 N–H and O–H groups in total. The number of carbonyl (C=O) groups excluding carboxylic acids is 3. The average molecular weight is 375 g/mol. The summed E-state index contributed by atoms with van der Waals surface area (Å²) in [7, 11) is 0. The van der Waals surface area contributed by atoms with Crippen LogP contribution in [0.4, 0.5) is 4.79 Å². The standard InChI is InChI=1S/C20H29N3O4/c1-4-27-20(26)22-10-8-18(9-11-22)23(16(3)24)14-19(25)21-13-17-7-5-6-15(2)12-17/h5-7,12,18H,4,8-11,13-14H2,1-3H3,(H,21,25). The van der Waals surface area contributed by atoms with Crippen molar-refractivity contribution in [2.24, 2.45) is 0 Å². The highest BCUT2D eigenvalue weighted by atomic mass is 16.6. The first-order valence-corrected chi connectivity index (χ1v) is 9.41. The summed E-state index contributed by atoms with van der Waals surface area (Å²) in [6.07, 6.45) is 0.967. The van der Waals surface area contributed by atoms with Crippen molar-refractivity contribution in [3.8, 4) is 0 Å². The lowest BCUT2D eigenvalue weighted by molar-refractivity contribution is -0.137. The van der Waals surface area contributed by atoms with Crippen molar-refractivity contribution in [3.05, 3.63) is 35.4 Å². The predicted octanol–water partition coefficient (Wildman–Crippen LogP) is 2.08. The monoisotopic (exact) mass is 375 g/mol. The Morgan fingerprint density at radius 1 is 1.26 bits per heavy atom. The number of amides is 3. The molecule has 7 heteroatoms. The van der Waals surface area contributed by atoms with Crippen molar-refractivity contribution in [1.82, 2.24) is 15.1 Å². The zero-order valence-corrected chi connectivity index (χ0v) is 16.4. The Bertz CT molecular complexity index is 669. The highest BCUT2D eigenvalue weighted by molar-refractivity contribution is 5.84. The number of nitrogens with zero attached hydrogens (tertiary/aromatic N) is 2. The van der Waals surface area contributed by atoms with Gasteiger partial charge in [-0.15, -0.1) is 0 Å².